The average molecular weight is 270 g/mol. The quantitative estimate of drug-likeness (QED) is 0.841. The van der Waals surface area contributed by atoms with E-state index in [1.807, 2.05) is 24.4 Å². The maximum atomic E-state index is 6.18. The summed E-state index contributed by atoms with van der Waals surface area (Å²) in [5.74, 6) is 0.898. The van der Waals surface area contributed by atoms with Crippen LogP contribution in [-0.2, 0) is 12.8 Å². The number of rotatable bonds is 7. The van der Waals surface area contributed by atoms with Crippen LogP contribution in [0.1, 0.15) is 24.0 Å². The highest BCUT2D eigenvalue weighted by Crippen LogP contribution is 2.14. The summed E-state index contributed by atoms with van der Waals surface area (Å²) in [6.07, 6.45) is 7.73. The number of nitrogens with zero attached hydrogens (tertiary/aromatic N) is 1. The van der Waals surface area contributed by atoms with Gasteiger partial charge < -0.3 is 10.5 Å². The number of nitrogens with two attached hydrogens (primary N) is 1. The van der Waals surface area contributed by atoms with Crippen molar-refractivity contribution in [3.8, 4) is 5.75 Å². The summed E-state index contributed by atoms with van der Waals surface area (Å²) in [6.45, 7) is 0. The van der Waals surface area contributed by atoms with Gasteiger partial charge in [-0.05, 0) is 55.0 Å². The summed E-state index contributed by atoms with van der Waals surface area (Å²) in [5, 5.41) is 0. The number of aromatic nitrogens is 1. The van der Waals surface area contributed by atoms with Crippen molar-refractivity contribution < 1.29 is 4.74 Å². The number of hydrogen-bond acceptors (Lipinski definition) is 3. The summed E-state index contributed by atoms with van der Waals surface area (Å²) in [4.78, 5) is 4.12. The van der Waals surface area contributed by atoms with Crippen LogP contribution >= 0.6 is 0 Å². The van der Waals surface area contributed by atoms with E-state index in [0.717, 1.165) is 31.4 Å². The molecule has 0 spiro atoms. The van der Waals surface area contributed by atoms with Crippen molar-refractivity contribution in [2.75, 3.05) is 7.11 Å². The third-order valence-electron chi connectivity index (χ3n) is 3.49. The zero-order valence-corrected chi connectivity index (χ0v) is 12.0. The van der Waals surface area contributed by atoms with Gasteiger partial charge in [-0.1, -0.05) is 18.2 Å². The Kier molecular flexibility index (Phi) is 5.56. The summed E-state index contributed by atoms with van der Waals surface area (Å²) in [5.41, 5.74) is 8.75. The number of aryl methyl sites for hydroxylation is 2. The predicted octanol–water partition coefficient (Wildman–Crippen LogP) is 2.98. The standard InChI is InChI=1S/C17H22N2O/c1-20-17-10-6-14(7-11-17)4-8-16(18)9-5-15-3-2-12-19-13-15/h2-3,6-7,10-13,16H,4-5,8-9,18H2,1H3. The maximum Gasteiger partial charge on any atom is 0.118 e. The van der Waals surface area contributed by atoms with Gasteiger partial charge in [-0.25, -0.2) is 0 Å². The lowest BCUT2D eigenvalue weighted by atomic mass is 10.0. The van der Waals surface area contributed by atoms with Crippen LogP contribution in [0, 0.1) is 0 Å². The Labute approximate surface area is 120 Å². The van der Waals surface area contributed by atoms with Gasteiger partial charge in [0, 0.05) is 18.4 Å². The lowest BCUT2D eigenvalue weighted by molar-refractivity contribution is 0.414. The molecular weight excluding hydrogens is 248 g/mol. The van der Waals surface area contributed by atoms with E-state index in [9.17, 15) is 0 Å². The van der Waals surface area contributed by atoms with E-state index in [4.69, 9.17) is 10.5 Å². The molecule has 1 unspecified atom stereocenters. The van der Waals surface area contributed by atoms with Gasteiger partial charge in [0.05, 0.1) is 7.11 Å². The van der Waals surface area contributed by atoms with Crippen molar-refractivity contribution in [2.24, 2.45) is 5.73 Å². The molecule has 0 radical (unpaired) electrons. The zero-order chi connectivity index (χ0) is 14.2. The molecule has 0 aliphatic heterocycles. The Bertz CT molecular complexity index is 496. The number of pyridine rings is 1. The zero-order valence-electron chi connectivity index (χ0n) is 12.0. The van der Waals surface area contributed by atoms with Crippen LogP contribution in [-0.4, -0.2) is 18.1 Å². The summed E-state index contributed by atoms with van der Waals surface area (Å²) >= 11 is 0. The van der Waals surface area contributed by atoms with E-state index in [1.54, 1.807) is 13.3 Å². The van der Waals surface area contributed by atoms with Crippen LogP contribution in [0.2, 0.25) is 0 Å². The minimum Gasteiger partial charge on any atom is -0.497 e. The van der Waals surface area contributed by atoms with Gasteiger partial charge in [0.1, 0.15) is 5.75 Å². The fourth-order valence-corrected chi connectivity index (χ4v) is 2.19. The highest BCUT2D eigenvalue weighted by molar-refractivity contribution is 5.27. The maximum absolute atomic E-state index is 6.18. The molecule has 1 atom stereocenters. The van der Waals surface area contributed by atoms with E-state index in [2.05, 4.69) is 23.2 Å². The minimum absolute atomic E-state index is 0.234. The van der Waals surface area contributed by atoms with Crippen LogP contribution in [0.3, 0.4) is 0 Å². The topological polar surface area (TPSA) is 48.1 Å². The van der Waals surface area contributed by atoms with Crippen molar-refractivity contribution in [3.63, 3.8) is 0 Å². The molecule has 0 saturated heterocycles. The van der Waals surface area contributed by atoms with Crippen LogP contribution in [0.15, 0.2) is 48.8 Å². The van der Waals surface area contributed by atoms with Crippen LogP contribution in [0.5, 0.6) is 5.75 Å². The number of methoxy groups -OCH3 is 1. The Balaban J connectivity index is 1.73. The molecule has 1 aromatic heterocycles. The van der Waals surface area contributed by atoms with Crippen LogP contribution < -0.4 is 10.5 Å². The SMILES string of the molecule is COc1ccc(CCC(N)CCc2cccnc2)cc1. The Morgan fingerprint density at radius 1 is 1.05 bits per heavy atom. The van der Waals surface area contributed by atoms with Gasteiger partial charge in [0.2, 0.25) is 0 Å². The molecule has 0 amide bonds. The molecule has 20 heavy (non-hydrogen) atoms. The third-order valence-corrected chi connectivity index (χ3v) is 3.49. The second kappa shape index (κ2) is 7.65. The molecular formula is C17H22N2O. The van der Waals surface area contributed by atoms with Crippen molar-refractivity contribution in [1.82, 2.24) is 4.98 Å². The normalized spacial score (nSPS) is 12.1. The van der Waals surface area contributed by atoms with Gasteiger partial charge >= 0.3 is 0 Å². The largest absolute Gasteiger partial charge is 0.497 e. The molecule has 3 heteroatoms. The predicted molar refractivity (Wildman–Crippen MR) is 81.8 cm³/mol. The first-order valence-corrected chi connectivity index (χ1v) is 7.05. The number of hydrogen-bond donors (Lipinski definition) is 1. The van der Waals surface area contributed by atoms with E-state index in [1.165, 1.54) is 11.1 Å². The average Bonchev–Trinajstić information content (AvgIpc) is 2.52. The molecule has 2 N–H and O–H groups in total. The van der Waals surface area contributed by atoms with E-state index >= 15 is 0 Å². The first-order valence-electron chi connectivity index (χ1n) is 7.05. The molecule has 1 heterocycles. The highest BCUT2D eigenvalue weighted by Gasteiger charge is 2.04. The van der Waals surface area contributed by atoms with Gasteiger partial charge in [-0.15, -0.1) is 0 Å². The van der Waals surface area contributed by atoms with Gasteiger partial charge in [-0.2, -0.15) is 0 Å². The monoisotopic (exact) mass is 270 g/mol. The summed E-state index contributed by atoms with van der Waals surface area (Å²) in [6, 6.07) is 12.5. The van der Waals surface area contributed by atoms with E-state index < -0.39 is 0 Å². The van der Waals surface area contributed by atoms with Crippen molar-refractivity contribution in [1.29, 1.82) is 0 Å². The molecule has 0 bridgehead atoms. The van der Waals surface area contributed by atoms with Gasteiger partial charge in [0.15, 0.2) is 0 Å². The van der Waals surface area contributed by atoms with Crippen LogP contribution in [0.25, 0.3) is 0 Å². The highest BCUT2D eigenvalue weighted by atomic mass is 16.5. The Hall–Kier alpha value is -1.87. The molecule has 2 aromatic rings. The minimum atomic E-state index is 0.234. The molecule has 0 fully saturated rings. The second-order valence-corrected chi connectivity index (χ2v) is 5.05. The third kappa shape index (κ3) is 4.67. The fourth-order valence-electron chi connectivity index (χ4n) is 2.19. The molecule has 0 aliphatic rings. The molecule has 106 valence electrons. The number of benzene rings is 1. The molecule has 0 saturated carbocycles. The van der Waals surface area contributed by atoms with E-state index in [-0.39, 0.29) is 6.04 Å². The first kappa shape index (κ1) is 14.5. The van der Waals surface area contributed by atoms with Gasteiger partial charge in [-0.3, -0.25) is 4.98 Å². The molecule has 3 nitrogen and oxygen atoms in total. The Morgan fingerprint density at radius 2 is 1.75 bits per heavy atom. The first-order chi connectivity index (χ1) is 9.78. The lowest BCUT2D eigenvalue weighted by Gasteiger charge is -2.11. The molecule has 2 rings (SSSR count). The lowest BCUT2D eigenvalue weighted by Crippen LogP contribution is -2.21. The van der Waals surface area contributed by atoms with Gasteiger partial charge in [0.25, 0.3) is 0 Å². The van der Waals surface area contributed by atoms with Crippen LogP contribution in [0.4, 0.5) is 0 Å². The second-order valence-electron chi connectivity index (χ2n) is 5.05. The summed E-state index contributed by atoms with van der Waals surface area (Å²) in [7, 11) is 1.68. The molecule has 1 aromatic carbocycles. The van der Waals surface area contributed by atoms with Crippen molar-refractivity contribution in [3.05, 3.63) is 59.9 Å². The van der Waals surface area contributed by atoms with Crippen molar-refractivity contribution in [2.45, 2.75) is 31.7 Å². The number of ether oxygens (including phenoxy) is 1. The summed E-state index contributed by atoms with van der Waals surface area (Å²) < 4.78 is 5.15. The van der Waals surface area contributed by atoms with E-state index in [0.29, 0.717) is 0 Å². The smallest absolute Gasteiger partial charge is 0.118 e. The fraction of sp³-hybridized carbons (Fsp3) is 0.353. The van der Waals surface area contributed by atoms with Crippen molar-refractivity contribution >= 4 is 0 Å². The molecule has 0 aliphatic carbocycles. The Morgan fingerprint density at radius 3 is 2.35 bits per heavy atom.